The molecule has 2 rings (SSSR count). The molecule has 2 N–H and O–H groups in total. The number of carbonyl (C=O) groups is 1. The third-order valence-electron chi connectivity index (χ3n) is 2.53. The molecule has 1 aromatic carbocycles. The maximum atomic E-state index is 13.1. The van der Waals surface area contributed by atoms with Gasteiger partial charge in [0.15, 0.2) is 5.78 Å². The molecule has 0 bridgehead atoms. The summed E-state index contributed by atoms with van der Waals surface area (Å²) in [6, 6.07) is 7.30. The highest BCUT2D eigenvalue weighted by atomic mass is 19.1. The molecule has 0 aliphatic heterocycles. The second-order valence-electron chi connectivity index (χ2n) is 3.72. The number of nitrogens with zero attached hydrogens (tertiary/aromatic N) is 1. The van der Waals surface area contributed by atoms with E-state index in [0.29, 0.717) is 16.7 Å². The van der Waals surface area contributed by atoms with Gasteiger partial charge in [-0.05, 0) is 36.8 Å². The van der Waals surface area contributed by atoms with Gasteiger partial charge in [-0.2, -0.15) is 0 Å². The van der Waals surface area contributed by atoms with Crippen LogP contribution in [0.3, 0.4) is 0 Å². The van der Waals surface area contributed by atoms with Crippen molar-refractivity contribution in [3.8, 4) is 0 Å². The van der Waals surface area contributed by atoms with Crippen LogP contribution in [0.4, 0.5) is 10.2 Å². The van der Waals surface area contributed by atoms with Crippen molar-refractivity contribution in [3.05, 3.63) is 59.0 Å². The lowest BCUT2D eigenvalue weighted by Crippen LogP contribution is -2.08. The Labute approximate surface area is 98.1 Å². The van der Waals surface area contributed by atoms with Crippen molar-refractivity contribution in [1.82, 2.24) is 4.98 Å². The van der Waals surface area contributed by atoms with Gasteiger partial charge in [0.2, 0.25) is 0 Å². The first-order valence-corrected chi connectivity index (χ1v) is 5.11. The lowest BCUT2D eigenvalue weighted by molar-refractivity contribution is 0.103. The lowest BCUT2D eigenvalue weighted by atomic mass is 9.99. The number of nitrogen functional groups attached to an aromatic ring is 1. The summed E-state index contributed by atoms with van der Waals surface area (Å²) in [6.07, 6.45) is 1.50. The summed E-state index contributed by atoms with van der Waals surface area (Å²) < 4.78 is 13.1. The van der Waals surface area contributed by atoms with Crippen molar-refractivity contribution in [2.45, 2.75) is 6.92 Å². The highest BCUT2D eigenvalue weighted by Gasteiger charge is 2.15. The Morgan fingerprint density at radius 3 is 2.76 bits per heavy atom. The van der Waals surface area contributed by atoms with Crippen LogP contribution in [0.5, 0.6) is 0 Å². The van der Waals surface area contributed by atoms with E-state index in [4.69, 9.17) is 5.73 Å². The number of halogens is 1. The van der Waals surface area contributed by atoms with E-state index in [2.05, 4.69) is 4.98 Å². The summed E-state index contributed by atoms with van der Waals surface area (Å²) in [5, 5.41) is 0. The van der Waals surface area contributed by atoms with Crippen LogP contribution in [0.15, 0.2) is 36.5 Å². The molecule has 0 saturated heterocycles. The predicted octanol–water partition coefficient (Wildman–Crippen LogP) is 2.34. The highest BCUT2D eigenvalue weighted by Crippen LogP contribution is 2.18. The van der Waals surface area contributed by atoms with Crippen molar-refractivity contribution in [2.24, 2.45) is 0 Å². The summed E-state index contributed by atoms with van der Waals surface area (Å²) in [4.78, 5) is 16.0. The van der Waals surface area contributed by atoms with Gasteiger partial charge in [0.25, 0.3) is 0 Å². The minimum atomic E-state index is -0.443. The molecule has 0 unspecified atom stereocenters. The summed E-state index contributed by atoms with van der Waals surface area (Å²) >= 11 is 0. The van der Waals surface area contributed by atoms with Crippen molar-refractivity contribution in [3.63, 3.8) is 0 Å². The van der Waals surface area contributed by atoms with Gasteiger partial charge >= 0.3 is 0 Å². The topological polar surface area (TPSA) is 56.0 Å². The molecule has 0 fully saturated rings. The maximum absolute atomic E-state index is 13.1. The zero-order chi connectivity index (χ0) is 12.4. The standard InChI is InChI=1S/C13H11FN2O/c1-8-4-5-9(14)7-11(8)12(17)10-3-2-6-16-13(10)15/h2-7H,1H3,(H2,15,16). The summed E-state index contributed by atoms with van der Waals surface area (Å²) in [5.74, 6) is -0.602. The smallest absolute Gasteiger partial charge is 0.197 e. The lowest BCUT2D eigenvalue weighted by Gasteiger charge is -2.06. The minimum absolute atomic E-state index is 0.154. The van der Waals surface area contributed by atoms with Gasteiger partial charge in [-0.15, -0.1) is 0 Å². The molecule has 4 heteroatoms. The number of aromatic nitrogens is 1. The molecule has 0 radical (unpaired) electrons. The van der Waals surface area contributed by atoms with Crippen molar-refractivity contribution < 1.29 is 9.18 Å². The quantitative estimate of drug-likeness (QED) is 0.805. The van der Waals surface area contributed by atoms with Crippen LogP contribution in [-0.4, -0.2) is 10.8 Å². The van der Waals surface area contributed by atoms with Crippen LogP contribution in [-0.2, 0) is 0 Å². The van der Waals surface area contributed by atoms with Gasteiger partial charge in [0.1, 0.15) is 11.6 Å². The number of anilines is 1. The Morgan fingerprint density at radius 1 is 1.29 bits per heavy atom. The monoisotopic (exact) mass is 230 g/mol. The molecule has 86 valence electrons. The van der Waals surface area contributed by atoms with Crippen LogP contribution in [0.1, 0.15) is 21.5 Å². The number of nitrogens with two attached hydrogens (primary N) is 1. The Hall–Kier alpha value is -2.23. The number of ketones is 1. The van der Waals surface area contributed by atoms with Crippen LogP contribution in [0, 0.1) is 12.7 Å². The summed E-state index contributed by atoms with van der Waals surface area (Å²) in [7, 11) is 0. The number of carbonyl (C=O) groups excluding carboxylic acids is 1. The van der Waals surface area contributed by atoms with Gasteiger partial charge in [-0.25, -0.2) is 9.37 Å². The number of pyridine rings is 1. The third-order valence-corrected chi connectivity index (χ3v) is 2.53. The molecule has 0 atom stereocenters. The van der Waals surface area contributed by atoms with Crippen LogP contribution in [0.25, 0.3) is 0 Å². The molecule has 1 aromatic heterocycles. The molecular weight excluding hydrogens is 219 g/mol. The van der Waals surface area contributed by atoms with Gasteiger partial charge in [-0.3, -0.25) is 4.79 Å². The Morgan fingerprint density at radius 2 is 2.06 bits per heavy atom. The maximum Gasteiger partial charge on any atom is 0.197 e. The van der Waals surface area contributed by atoms with E-state index >= 15 is 0 Å². The van der Waals surface area contributed by atoms with Crippen molar-refractivity contribution >= 4 is 11.6 Å². The van der Waals surface area contributed by atoms with Crippen LogP contribution in [0.2, 0.25) is 0 Å². The molecular formula is C13H11FN2O. The van der Waals surface area contributed by atoms with Crippen molar-refractivity contribution in [2.75, 3.05) is 5.73 Å². The normalized spacial score (nSPS) is 10.2. The molecule has 0 amide bonds. The van der Waals surface area contributed by atoms with Crippen LogP contribution >= 0.6 is 0 Å². The first-order valence-electron chi connectivity index (χ1n) is 5.11. The molecule has 2 aromatic rings. The minimum Gasteiger partial charge on any atom is -0.383 e. The molecule has 0 saturated carbocycles. The fourth-order valence-electron chi connectivity index (χ4n) is 1.59. The molecule has 3 nitrogen and oxygen atoms in total. The average molecular weight is 230 g/mol. The first-order chi connectivity index (χ1) is 8.09. The second-order valence-corrected chi connectivity index (χ2v) is 3.72. The largest absolute Gasteiger partial charge is 0.383 e. The van der Waals surface area contributed by atoms with E-state index in [1.807, 2.05) is 0 Å². The first kappa shape index (κ1) is 11.3. The molecule has 17 heavy (non-hydrogen) atoms. The zero-order valence-electron chi connectivity index (χ0n) is 9.27. The van der Waals surface area contributed by atoms with E-state index in [-0.39, 0.29) is 11.6 Å². The van der Waals surface area contributed by atoms with E-state index in [1.165, 1.54) is 18.3 Å². The molecule has 0 spiro atoms. The summed E-state index contributed by atoms with van der Waals surface area (Å²) in [6.45, 7) is 1.75. The Kier molecular flexibility index (Phi) is 2.87. The van der Waals surface area contributed by atoms with Crippen LogP contribution < -0.4 is 5.73 Å². The van der Waals surface area contributed by atoms with E-state index in [9.17, 15) is 9.18 Å². The third kappa shape index (κ3) is 2.15. The predicted molar refractivity (Wildman–Crippen MR) is 63.2 cm³/mol. The Bertz CT molecular complexity index is 581. The van der Waals surface area contributed by atoms with Gasteiger partial charge in [0, 0.05) is 11.8 Å². The van der Waals surface area contributed by atoms with Gasteiger partial charge < -0.3 is 5.73 Å². The molecule has 1 heterocycles. The fourth-order valence-corrected chi connectivity index (χ4v) is 1.59. The fraction of sp³-hybridized carbons (Fsp3) is 0.0769. The Balaban J connectivity index is 2.51. The summed E-state index contributed by atoms with van der Waals surface area (Å²) in [5.41, 5.74) is 6.93. The second kappa shape index (κ2) is 4.33. The number of rotatable bonds is 2. The SMILES string of the molecule is Cc1ccc(F)cc1C(=O)c1cccnc1N. The number of aryl methyl sites for hydroxylation is 1. The number of benzene rings is 1. The molecule has 0 aliphatic rings. The van der Waals surface area contributed by atoms with E-state index < -0.39 is 5.82 Å². The number of hydrogen-bond donors (Lipinski definition) is 1. The highest BCUT2D eigenvalue weighted by molar-refractivity contribution is 6.12. The van der Waals surface area contributed by atoms with Gasteiger partial charge in [0.05, 0.1) is 5.56 Å². The van der Waals surface area contributed by atoms with Gasteiger partial charge in [-0.1, -0.05) is 6.07 Å². The average Bonchev–Trinajstić information content (AvgIpc) is 2.32. The molecule has 0 aliphatic carbocycles. The van der Waals surface area contributed by atoms with E-state index in [1.54, 1.807) is 25.1 Å². The zero-order valence-corrected chi connectivity index (χ0v) is 9.27. The van der Waals surface area contributed by atoms with E-state index in [0.717, 1.165) is 0 Å². The van der Waals surface area contributed by atoms with Crippen molar-refractivity contribution in [1.29, 1.82) is 0 Å². The number of hydrogen-bond acceptors (Lipinski definition) is 3.